The zero-order valence-corrected chi connectivity index (χ0v) is 14.6. The van der Waals surface area contributed by atoms with Gasteiger partial charge in [0.05, 0.1) is 5.69 Å². The van der Waals surface area contributed by atoms with Crippen molar-refractivity contribution in [3.05, 3.63) is 72.8 Å². The number of nitrogens with one attached hydrogen (secondary N) is 1. The van der Waals surface area contributed by atoms with Gasteiger partial charge in [-0.3, -0.25) is 4.79 Å². The molecule has 0 radical (unpaired) electrons. The predicted molar refractivity (Wildman–Crippen MR) is 98.0 cm³/mol. The number of aryl methyl sites for hydroxylation is 1. The molecule has 0 saturated heterocycles. The topological polar surface area (TPSA) is 98.7 Å². The van der Waals surface area contributed by atoms with Crippen molar-refractivity contribution >= 4 is 11.6 Å². The van der Waals surface area contributed by atoms with E-state index < -0.39 is 0 Å². The smallest absolute Gasteiger partial charge is 0.227 e. The van der Waals surface area contributed by atoms with Crippen LogP contribution in [0.2, 0.25) is 0 Å². The molecular formula is C19H15FN6O2. The second-order valence-corrected chi connectivity index (χ2v) is 5.89. The summed E-state index contributed by atoms with van der Waals surface area (Å²) in [6, 6.07) is 11.0. The highest BCUT2D eigenvalue weighted by Crippen LogP contribution is 2.18. The van der Waals surface area contributed by atoms with Crippen molar-refractivity contribution in [2.24, 2.45) is 0 Å². The molecule has 0 aliphatic carbocycles. The van der Waals surface area contributed by atoms with Gasteiger partial charge in [-0.25, -0.2) is 14.1 Å². The van der Waals surface area contributed by atoms with Crippen molar-refractivity contribution in [3.63, 3.8) is 0 Å². The van der Waals surface area contributed by atoms with Crippen LogP contribution in [0.25, 0.3) is 17.2 Å². The molecule has 0 unspecified atom stereocenters. The van der Waals surface area contributed by atoms with Crippen molar-refractivity contribution < 1.29 is 13.7 Å². The van der Waals surface area contributed by atoms with E-state index in [9.17, 15) is 9.18 Å². The molecule has 0 aliphatic rings. The van der Waals surface area contributed by atoms with Crippen molar-refractivity contribution in [1.82, 2.24) is 24.9 Å². The second kappa shape index (κ2) is 7.78. The molecule has 1 amide bonds. The van der Waals surface area contributed by atoms with Crippen LogP contribution in [0.15, 0.2) is 65.6 Å². The number of hydrogen-bond acceptors (Lipinski definition) is 6. The predicted octanol–water partition coefficient (Wildman–Crippen LogP) is 3.03. The summed E-state index contributed by atoms with van der Waals surface area (Å²) < 4.78 is 19.7. The Morgan fingerprint density at radius 3 is 2.79 bits per heavy atom. The molecule has 3 heterocycles. The summed E-state index contributed by atoms with van der Waals surface area (Å²) in [5.41, 5.74) is 1.19. The van der Waals surface area contributed by atoms with Crippen molar-refractivity contribution in [1.29, 1.82) is 0 Å². The van der Waals surface area contributed by atoms with Gasteiger partial charge in [0.25, 0.3) is 0 Å². The summed E-state index contributed by atoms with van der Waals surface area (Å²) in [7, 11) is 0. The van der Waals surface area contributed by atoms with Gasteiger partial charge in [-0.05, 0) is 42.5 Å². The van der Waals surface area contributed by atoms with Crippen LogP contribution in [-0.2, 0) is 11.2 Å². The van der Waals surface area contributed by atoms with Gasteiger partial charge in [0.15, 0.2) is 5.82 Å². The lowest BCUT2D eigenvalue weighted by atomic mass is 10.2. The molecule has 1 aromatic carbocycles. The molecule has 28 heavy (non-hydrogen) atoms. The lowest BCUT2D eigenvalue weighted by Gasteiger charge is -2.09. The number of aromatic nitrogens is 5. The fourth-order valence-electron chi connectivity index (χ4n) is 2.58. The molecule has 0 atom stereocenters. The maximum atomic E-state index is 13.0. The van der Waals surface area contributed by atoms with Crippen molar-refractivity contribution in [3.8, 4) is 17.2 Å². The Morgan fingerprint density at radius 1 is 1.14 bits per heavy atom. The Kier molecular flexibility index (Phi) is 4.87. The fourth-order valence-corrected chi connectivity index (χ4v) is 2.58. The third-order valence-electron chi connectivity index (χ3n) is 3.92. The van der Waals surface area contributed by atoms with E-state index >= 15 is 0 Å². The molecule has 0 fully saturated rings. The van der Waals surface area contributed by atoms with Crippen molar-refractivity contribution in [2.45, 2.75) is 12.8 Å². The average molecular weight is 378 g/mol. The van der Waals surface area contributed by atoms with Gasteiger partial charge < -0.3 is 9.84 Å². The van der Waals surface area contributed by atoms with Crippen LogP contribution in [0, 0.1) is 5.82 Å². The quantitative estimate of drug-likeness (QED) is 0.554. The number of pyridine rings is 1. The standard InChI is InChI=1S/C19H15FN6O2/c20-14-6-4-13(5-7-14)18-24-17(28-25-18)9-8-16(27)23-15-3-1-10-21-19(15)26-12-2-11-22-26/h1-7,10-12H,8-9H2,(H,23,27). The Bertz CT molecular complexity index is 1080. The van der Waals surface area contributed by atoms with Crippen LogP contribution in [0.1, 0.15) is 12.3 Å². The first kappa shape index (κ1) is 17.5. The van der Waals surface area contributed by atoms with E-state index in [1.165, 1.54) is 12.1 Å². The molecule has 4 rings (SSSR count). The van der Waals surface area contributed by atoms with Crippen molar-refractivity contribution in [2.75, 3.05) is 5.32 Å². The fraction of sp³-hybridized carbons (Fsp3) is 0.105. The normalized spacial score (nSPS) is 10.8. The van der Waals surface area contributed by atoms with Crippen LogP contribution in [0.4, 0.5) is 10.1 Å². The zero-order chi connectivity index (χ0) is 19.3. The maximum Gasteiger partial charge on any atom is 0.227 e. The molecule has 1 N–H and O–H groups in total. The lowest BCUT2D eigenvalue weighted by molar-refractivity contribution is -0.116. The van der Waals surface area contributed by atoms with E-state index in [1.54, 1.807) is 53.6 Å². The molecule has 9 heteroatoms. The summed E-state index contributed by atoms with van der Waals surface area (Å²) in [6.45, 7) is 0. The van der Waals surface area contributed by atoms with Gasteiger partial charge in [0, 0.05) is 37.0 Å². The lowest BCUT2D eigenvalue weighted by Crippen LogP contribution is -2.15. The van der Waals surface area contributed by atoms with Crippen LogP contribution in [0.3, 0.4) is 0 Å². The molecule has 0 saturated carbocycles. The summed E-state index contributed by atoms with van der Waals surface area (Å²) >= 11 is 0. The van der Waals surface area contributed by atoms with Gasteiger partial charge in [-0.1, -0.05) is 5.16 Å². The first-order valence-corrected chi connectivity index (χ1v) is 8.52. The number of nitrogens with zero attached hydrogens (tertiary/aromatic N) is 5. The molecule has 0 spiro atoms. The Hall–Kier alpha value is -3.88. The number of carbonyl (C=O) groups is 1. The number of benzene rings is 1. The summed E-state index contributed by atoms with van der Waals surface area (Å²) in [4.78, 5) is 20.8. The van der Waals surface area contributed by atoms with E-state index in [4.69, 9.17) is 4.52 Å². The molecule has 3 aromatic heterocycles. The summed E-state index contributed by atoms with van der Waals surface area (Å²) in [5.74, 6) is 0.644. The first-order chi connectivity index (χ1) is 13.7. The summed E-state index contributed by atoms with van der Waals surface area (Å²) in [6.07, 6.45) is 5.43. The zero-order valence-electron chi connectivity index (χ0n) is 14.6. The SMILES string of the molecule is O=C(CCc1nc(-c2ccc(F)cc2)no1)Nc1cccnc1-n1cccn1. The molecule has 0 aliphatic heterocycles. The third-order valence-corrected chi connectivity index (χ3v) is 3.92. The minimum Gasteiger partial charge on any atom is -0.339 e. The molecule has 140 valence electrons. The number of carbonyl (C=O) groups excluding carboxylic acids is 1. The van der Waals surface area contributed by atoms with E-state index in [1.807, 2.05) is 0 Å². The minimum atomic E-state index is -0.339. The minimum absolute atomic E-state index is 0.151. The molecule has 0 bridgehead atoms. The van der Waals surface area contributed by atoms with E-state index in [0.29, 0.717) is 28.8 Å². The number of halogens is 1. The highest BCUT2D eigenvalue weighted by atomic mass is 19.1. The van der Waals surface area contributed by atoms with Crippen LogP contribution >= 0.6 is 0 Å². The Morgan fingerprint density at radius 2 is 2.00 bits per heavy atom. The number of hydrogen-bond donors (Lipinski definition) is 1. The highest BCUT2D eigenvalue weighted by Gasteiger charge is 2.13. The number of amides is 1. The largest absolute Gasteiger partial charge is 0.339 e. The molecule has 8 nitrogen and oxygen atoms in total. The third kappa shape index (κ3) is 3.93. The average Bonchev–Trinajstić information content (AvgIpc) is 3.40. The molecule has 4 aromatic rings. The van der Waals surface area contributed by atoms with Gasteiger partial charge in [-0.2, -0.15) is 10.1 Å². The van der Waals surface area contributed by atoms with E-state index in [-0.39, 0.29) is 24.6 Å². The second-order valence-electron chi connectivity index (χ2n) is 5.89. The highest BCUT2D eigenvalue weighted by molar-refractivity contribution is 5.92. The van der Waals surface area contributed by atoms with E-state index in [2.05, 4.69) is 25.5 Å². The van der Waals surface area contributed by atoms with Crippen LogP contribution in [-0.4, -0.2) is 30.8 Å². The monoisotopic (exact) mass is 378 g/mol. The van der Waals surface area contributed by atoms with Gasteiger partial charge in [0.2, 0.25) is 17.6 Å². The van der Waals surface area contributed by atoms with Gasteiger partial charge >= 0.3 is 0 Å². The number of anilines is 1. The van der Waals surface area contributed by atoms with E-state index in [0.717, 1.165) is 0 Å². The Labute approximate surface area is 159 Å². The van der Waals surface area contributed by atoms with Gasteiger partial charge in [0.1, 0.15) is 5.82 Å². The first-order valence-electron chi connectivity index (χ1n) is 8.52. The van der Waals surface area contributed by atoms with Crippen LogP contribution in [0.5, 0.6) is 0 Å². The van der Waals surface area contributed by atoms with Crippen LogP contribution < -0.4 is 5.32 Å². The Balaban J connectivity index is 1.39. The molecular weight excluding hydrogens is 363 g/mol. The summed E-state index contributed by atoms with van der Waals surface area (Å²) in [5, 5.41) is 10.8. The number of rotatable bonds is 6. The maximum absolute atomic E-state index is 13.0. The van der Waals surface area contributed by atoms with Gasteiger partial charge in [-0.15, -0.1) is 0 Å².